The molecule has 0 amide bonds. The van der Waals surface area contributed by atoms with E-state index in [9.17, 15) is 21.6 Å². The van der Waals surface area contributed by atoms with Gasteiger partial charge in [0.05, 0.1) is 22.4 Å². The molecule has 3 nitrogen and oxygen atoms in total. The molecule has 0 aromatic carbocycles. The Balaban J connectivity index is 2.61. The normalized spacial score (nSPS) is 32.9. The Morgan fingerprint density at radius 1 is 1.40 bits per heavy atom. The summed E-state index contributed by atoms with van der Waals surface area (Å²) in [6.07, 6.45) is -7.33. The van der Waals surface area contributed by atoms with E-state index in [-0.39, 0.29) is 11.5 Å². The van der Waals surface area contributed by atoms with Crippen molar-refractivity contribution in [1.29, 1.82) is 0 Å². The van der Waals surface area contributed by atoms with Crippen LogP contribution in [0.2, 0.25) is 0 Å². The highest BCUT2D eigenvalue weighted by Gasteiger charge is 2.43. The van der Waals surface area contributed by atoms with Crippen LogP contribution in [0.4, 0.5) is 13.2 Å². The van der Waals surface area contributed by atoms with Gasteiger partial charge in [0.2, 0.25) is 0 Å². The van der Waals surface area contributed by atoms with Crippen molar-refractivity contribution in [3.05, 3.63) is 0 Å². The number of hydrogen-bond donors (Lipinski definition) is 0. The van der Waals surface area contributed by atoms with Crippen LogP contribution in [0.1, 0.15) is 6.92 Å². The van der Waals surface area contributed by atoms with Gasteiger partial charge in [-0.3, -0.25) is 0 Å². The van der Waals surface area contributed by atoms with E-state index in [1.165, 1.54) is 0 Å². The second-order valence-corrected chi connectivity index (χ2v) is 6.78. The van der Waals surface area contributed by atoms with Gasteiger partial charge in [0.1, 0.15) is 0 Å². The lowest BCUT2D eigenvalue weighted by Crippen LogP contribution is -2.36. The van der Waals surface area contributed by atoms with Gasteiger partial charge < -0.3 is 4.74 Å². The summed E-state index contributed by atoms with van der Waals surface area (Å²) in [5, 5.41) is 0. The molecule has 1 aliphatic rings. The van der Waals surface area contributed by atoms with Gasteiger partial charge in [-0.2, -0.15) is 13.2 Å². The zero-order valence-electron chi connectivity index (χ0n) is 7.79. The van der Waals surface area contributed by atoms with Crippen LogP contribution < -0.4 is 0 Å². The molecule has 1 rings (SSSR count). The molecule has 1 fully saturated rings. The second kappa shape index (κ2) is 4.21. The van der Waals surface area contributed by atoms with Crippen molar-refractivity contribution < 1.29 is 26.3 Å². The van der Waals surface area contributed by atoms with Gasteiger partial charge in [-0.15, -0.1) is 0 Å². The first-order chi connectivity index (χ1) is 6.62. The number of sulfone groups is 1. The molecule has 0 spiro atoms. The van der Waals surface area contributed by atoms with E-state index in [4.69, 9.17) is 0 Å². The van der Waals surface area contributed by atoms with Crippen LogP contribution in [0.3, 0.4) is 0 Å². The third-order valence-electron chi connectivity index (χ3n) is 2.07. The fourth-order valence-corrected chi connectivity index (χ4v) is 4.65. The van der Waals surface area contributed by atoms with Crippen molar-refractivity contribution in [2.45, 2.75) is 30.1 Å². The molecule has 90 valence electrons. The number of alkyl halides is 4. The van der Waals surface area contributed by atoms with Crippen LogP contribution in [0.5, 0.6) is 0 Å². The Bertz CT molecular complexity index is 327. The predicted molar refractivity (Wildman–Crippen MR) is 51.8 cm³/mol. The molecule has 1 saturated heterocycles. The first-order valence-electron chi connectivity index (χ1n) is 4.18. The second-order valence-electron chi connectivity index (χ2n) is 3.45. The molecule has 0 radical (unpaired) electrons. The third-order valence-corrected chi connectivity index (χ3v) is 5.12. The molecule has 1 aliphatic heterocycles. The van der Waals surface area contributed by atoms with Crippen LogP contribution >= 0.6 is 15.9 Å². The highest BCUT2D eigenvalue weighted by Crippen LogP contribution is 2.29. The molecule has 0 bridgehead atoms. The van der Waals surface area contributed by atoms with E-state index in [1.54, 1.807) is 0 Å². The topological polar surface area (TPSA) is 43.4 Å². The van der Waals surface area contributed by atoms with Gasteiger partial charge in [-0.05, 0) is 6.92 Å². The number of rotatable bonds is 2. The number of ether oxygens (including phenoxy) is 1. The maximum absolute atomic E-state index is 12.1. The summed E-state index contributed by atoms with van der Waals surface area (Å²) in [7, 11) is -3.27. The van der Waals surface area contributed by atoms with Crippen LogP contribution in [-0.4, -0.2) is 43.1 Å². The van der Waals surface area contributed by atoms with Gasteiger partial charge in [-0.25, -0.2) is 8.42 Å². The minimum Gasteiger partial charge on any atom is -0.364 e. The van der Waals surface area contributed by atoms with E-state index in [0.29, 0.717) is 0 Å². The highest BCUT2D eigenvalue weighted by molar-refractivity contribution is 9.09. The minimum atomic E-state index is -4.46. The van der Waals surface area contributed by atoms with Gasteiger partial charge >= 0.3 is 6.18 Å². The molecular weight excluding hydrogens is 301 g/mol. The summed E-state index contributed by atoms with van der Waals surface area (Å²) < 4.78 is 63.3. The zero-order valence-corrected chi connectivity index (χ0v) is 10.2. The van der Waals surface area contributed by atoms with Crippen LogP contribution in [-0.2, 0) is 14.6 Å². The average molecular weight is 311 g/mol. The summed E-state index contributed by atoms with van der Waals surface area (Å²) >= 11 is 3.00. The molecule has 1 heterocycles. The zero-order chi connectivity index (χ0) is 11.9. The molecule has 0 N–H and O–H groups in total. The van der Waals surface area contributed by atoms with Crippen LogP contribution in [0.25, 0.3) is 0 Å². The molecule has 0 aromatic heterocycles. The lowest BCUT2D eigenvalue weighted by atomic mass is 10.3. The average Bonchev–Trinajstić information content (AvgIpc) is 2.22. The van der Waals surface area contributed by atoms with E-state index in [2.05, 4.69) is 20.7 Å². The smallest absolute Gasteiger partial charge is 0.364 e. The molecule has 3 unspecified atom stereocenters. The van der Waals surface area contributed by atoms with Crippen molar-refractivity contribution >= 4 is 25.8 Å². The van der Waals surface area contributed by atoms with Gasteiger partial charge in [0.15, 0.2) is 15.9 Å². The Kier molecular flexibility index (Phi) is 3.72. The number of halogens is 4. The van der Waals surface area contributed by atoms with Crippen molar-refractivity contribution in [2.24, 2.45) is 0 Å². The maximum atomic E-state index is 12.1. The minimum absolute atomic E-state index is 0.178. The Morgan fingerprint density at radius 2 is 1.93 bits per heavy atom. The summed E-state index contributed by atoms with van der Waals surface area (Å²) in [4.78, 5) is -0.563. The lowest BCUT2D eigenvalue weighted by molar-refractivity contribution is -0.223. The predicted octanol–water partition coefficient (Wildman–Crippen LogP) is 1.51. The van der Waals surface area contributed by atoms with Gasteiger partial charge in [-0.1, -0.05) is 15.9 Å². The standard InChI is InChI=1S/C7H10BrF3O3S/c1-4(7(9,10)11)14-6-3-15(12,13)2-5(6)8/h4-6H,2-3H2,1H3. The lowest BCUT2D eigenvalue weighted by Gasteiger charge is -2.21. The summed E-state index contributed by atoms with van der Waals surface area (Å²) in [5.74, 6) is -0.536. The monoisotopic (exact) mass is 310 g/mol. The van der Waals surface area contributed by atoms with Crippen LogP contribution in [0.15, 0.2) is 0 Å². The van der Waals surface area contributed by atoms with E-state index >= 15 is 0 Å². The van der Waals surface area contributed by atoms with Crippen molar-refractivity contribution in [3.8, 4) is 0 Å². The molecule has 0 aliphatic carbocycles. The van der Waals surface area contributed by atoms with E-state index in [1.807, 2.05) is 0 Å². The first kappa shape index (κ1) is 13.2. The quantitative estimate of drug-likeness (QED) is 0.726. The molecular formula is C7H10BrF3O3S. The molecule has 3 atom stereocenters. The third kappa shape index (κ3) is 3.60. The molecule has 0 aromatic rings. The largest absolute Gasteiger partial charge is 0.414 e. The molecule has 15 heavy (non-hydrogen) atoms. The molecule has 8 heteroatoms. The Morgan fingerprint density at radius 3 is 2.27 bits per heavy atom. The van der Waals surface area contributed by atoms with Crippen molar-refractivity contribution in [3.63, 3.8) is 0 Å². The van der Waals surface area contributed by atoms with Gasteiger partial charge in [0, 0.05) is 0 Å². The Labute approximate surface area is 94.0 Å². The summed E-state index contributed by atoms with van der Waals surface area (Å²) in [5.41, 5.74) is 0. The summed E-state index contributed by atoms with van der Waals surface area (Å²) in [6.45, 7) is 0.866. The fraction of sp³-hybridized carbons (Fsp3) is 1.00. The molecule has 0 saturated carbocycles. The van der Waals surface area contributed by atoms with E-state index in [0.717, 1.165) is 6.92 Å². The van der Waals surface area contributed by atoms with Crippen molar-refractivity contribution in [1.82, 2.24) is 0 Å². The highest BCUT2D eigenvalue weighted by atomic mass is 79.9. The fourth-order valence-electron chi connectivity index (χ4n) is 1.24. The van der Waals surface area contributed by atoms with Gasteiger partial charge in [0.25, 0.3) is 0 Å². The van der Waals surface area contributed by atoms with Crippen molar-refractivity contribution in [2.75, 3.05) is 11.5 Å². The Hall–Kier alpha value is 0.180. The number of hydrogen-bond acceptors (Lipinski definition) is 3. The summed E-state index contributed by atoms with van der Waals surface area (Å²) in [6, 6.07) is 0. The SMILES string of the molecule is CC(OC1CS(=O)(=O)CC1Br)C(F)(F)F. The van der Waals surface area contributed by atoms with E-state index < -0.39 is 33.0 Å². The maximum Gasteiger partial charge on any atom is 0.414 e. The van der Waals surface area contributed by atoms with Crippen LogP contribution in [0, 0.1) is 0 Å². The first-order valence-corrected chi connectivity index (χ1v) is 6.92.